The van der Waals surface area contributed by atoms with Crippen LogP contribution in [0.1, 0.15) is 43.4 Å². The highest BCUT2D eigenvalue weighted by atomic mass is 14.8. The van der Waals surface area contributed by atoms with Crippen molar-refractivity contribution in [3.05, 3.63) is 35.5 Å². The Kier molecular flexibility index (Phi) is 2.94. The monoisotopic (exact) mass is 240 g/mol. The van der Waals surface area contributed by atoms with Gasteiger partial charge in [-0.15, -0.1) is 0 Å². The van der Waals surface area contributed by atoms with Gasteiger partial charge < -0.3 is 5.32 Å². The van der Waals surface area contributed by atoms with E-state index in [1.165, 1.54) is 41.6 Å². The second kappa shape index (κ2) is 4.60. The summed E-state index contributed by atoms with van der Waals surface area (Å²) >= 11 is 0. The maximum absolute atomic E-state index is 4.81. The number of hydrogen-bond acceptors (Lipinski definition) is 2. The Labute approximate surface area is 108 Å². The van der Waals surface area contributed by atoms with Crippen molar-refractivity contribution in [3.63, 3.8) is 0 Å². The number of aromatic nitrogens is 1. The summed E-state index contributed by atoms with van der Waals surface area (Å²) in [5.41, 5.74) is 5.01. The highest BCUT2D eigenvalue weighted by Gasteiger charge is 2.25. The van der Waals surface area contributed by atoms with Gasteiger partial charge in [0.15, 0.2) is 0 Å². The molecule has 0 bridgehead atoms. The summed E-state index contributed by atoms with van der Waals surface area (Å²) in [5.74, 6) is 0.705. The smallest absolute Gasteiger partial charge is 0.0726 e. The summed E-state index contributed by atoms with van der Waals surface area (Å²) < 4.78 is 0. The number of benzene rings is 1. The summed E-state index contributed by atoms with van der Waals surface area (Å²) in [4.78, 5) is 4.81. The molecule has 1 saturated carbocycles. The number of aryl methyl sites for hydroxylation is 1. The molecule has 1 heterocycles. The Morgan fingerprint density at radius 2 is 2.11 bits per heavy atom. The zero-order valence-corrected chi connectivity index (χ0v) is 11.2. The summed E-state index contributed by atoms with van der Waals surface area (Å²) in [7, 11) is 2.00. The molecule has 94 valence electrons. The van der Waals surface area contributed by atoms with Crippen molar-refractivity contribution >= 4 is 16.6 Å². The number of anilines is 1. The summed E-state index contributed by atoms with van der Waals surface area (Å²) in [6, 6.07) is 8.91. The van der Waals surface area contributed by atoms with Gasteiger partial charge in [-0.05, 0) is 43.0 Å². The van der Waals surface area contributed by atoms with Gasteiger partial charge in [-0.1, -0.05) is 19.4 Å². The predicted octanol–water partition coefficient (Wildman–Crippen LogP) is 4.11. The second-order valence-corrected chi connectivity index (χ2v) is 5.22. The lowest BCUT2D eigenvalue weighted by atomic mass is 10.0. The molecule has 0 radical (unpaired) electrons. The van der Waals surface area contributed by atoms with Gasteiger partial charge in [0.1, 0.15) is 0 Å². The highest BCUT2D eigenvalue weighted by Crippen LogP contribution is 2.41. The number of hydrogen-bond donors (Lipinski definition) is 1. The van der Waals surface area contributed by atoms with Crippen LogP contribution in [0.3, 0.4) is 0 Å². The van der Waals surface area contributed by atoms with E-state index in [1.54, 1.807) is 0 Å². The zero-order chi connectivity index (χ0) is 12.5. The van der Waals surface area contributed by atoms with Gasteiger partial charge >= 0.3 is 0 Å². The molecule has 18 heavy (non-hydrogen) atoms. The molecule has 2 nitrogen and oxygen atoms in total. The van der Waals surface area contributed by atoms with Crippen LogP contribution < -0.4 is 5.32 Å². The first-order chi connectivity index (χ1) is 8.81. The largest absolute Gasteiger partial charge is 0.388 e. The van der Waals surface area contributed by atoms with E-state index in [2.05, 4.69) is 36.5 Å². The summed E-state index contributed by atoms with van der Waals surface area (Å²) in [6.45, 7) is 2.22. The van der Waals surface area contributed by atoms with Gasteiger partial charge in [0.25, 0.3) is 0 Å². The molecule has 1 aromatic carbocycles. The standard InChI is InChI=1S/C16H20N2/c1-3-4-11-5-8-14-13(9-11)16(17-2)10-15(18-14)12-6-7-12/h5,8-10,12H,3-4,6-7H2,1-2H3,(H,17,18). The SMILES string of the molecule is CCCc1ccc2nc(C3CC3)cc(NC)c2c1. The lowest BCUT2D eigenvalue weighted by molar-refractivity contribution is 0.923. The van der Waals surface area contributed by atoms with Crippen molar-refractivity contribution in [1.82, 2.24) is 4.98 Å². The van der Waals surface area contributed by atoms with Crippen molar-refractivity contribution in [2.45, 2.75) is 38.5 Å². The number of fused-ring (bicyclic) bond motifs is 1. The fraction of sp³-hybridized carbons (Fsp3) is 0.438. The first-order valence-corrected chi connectivity index (χ1v) is 6.93. The minimum absolute atomic E-state index is 0.705. The average molecular weight is 240 g/mol. The number of nitrogens with zero attached hydrogens (tertiary/aromatic N) is 1. The van der Waals surface area contributed by atoms with E-state index in [-0.39, 0.29) is 0 Å². The third-order valence-corrected chi connectivity index (χ3v) is 3.70. The van der Waals surface area contributed by atoms with Crippen LogP contribution in [-0.2, 0) is 6.42 Å². The lowest BCUT2D eigenvalue weighted by Gasteiger charge is -2.10. The molecule has 0 amide bonds. The normalized spacial score (nSPS) is 15.0. The second-order valence-electron chi connectivity index (χ2n) is 5.22. The Morgan fingerprint density at radius 3 is 2.78 bits per heavy atom. The molecule has 0 saturated heterocycles. The lowest BCUT2D eigenvalue weighted by Crippen LogP contribution is -1.96. The Bertz CT molecular complexity index is 571. The highest BCUT2D eigenvalue weighted by molar-refractivity contribution is 5.92. The fourth-order valence-electron chi connectivity index (χ4n) is 2.53. The van der Waals surface area contributed by atoms with Crippen molar-refractivity contribution < 1.29 is 0 Å². The molecule has 0 aliphatic heterocycles. The molecule has 3 rings (SSSR count). The van der Waals surface area contributed by atoms with Gasteiger partial charge in [0.2, 0.25) is 0 Å². The van der Waals surface area contributed by atoms with Crippen molar-refractivity contribution in [2.75, 3.05) is 12.4 Å². The van der Waals surface area contributed by atoms with Crippen molar-refractivity contribution in [2.24, 2.45) is 0 Å². The van der Waals surface area contributed by atoms with Crippen LogP contribution in [-0.4, -0.2) is 12.0 Å². The third kappa shape index (κ3) is 2.07. The van der Waals surface area contributed by atoms with E-state index in [1.807, 2.05) is 7.05 Å². The maximum atomic E-state index is 4.81. The van der Waals surface area contributed by atoms with Gasteiger partial charge in [-0.3, -0.25) is 4.98 Å². The Hall–Kier alpha value is -1.57. The maximum Gasteiger partial charge on any atom is 0.0726 e. The molecule has 1 aromatic heterocycles. The summed E-state index contributed by atoms with van der Waals surface area (Å²) in [6.07, 6.45) is 4.93. The fourth-order valence-corrected chi connectivity index (χ4v) is 2.53. The van der Waals surface area contributed by atoms with E-state index in [9.17, 15) is 0 Å². The van der Waals surface area contributed by atoms with Crippen molar-refractivity contribution in [3.8, 4) is 0 Å². The van der Waals surface area contributed by atoms with E-state index >= 15 is 0 Å². The predicted molar refractivity (Wildman–Crippen MR) is 77.3 cm³/mol. The topological polar surface area (TPSA) is 24.9 Å². The number of nitrogens with one attached hydrogen (secondary N) is 1. The quantitative estimate of drug-likeness (QED) is 0.870. The minimum Gasteiger partial charge on any atom is -0.388 e. The molecule has 1 N–H and O–H groups in total. The van der Waals surface area contributed by atoms with Crippen molar-refractivity contribution in [1.29, 1.82) is 0 Å². The first kappa shape index (κ1) is 11.5. The van der Waals surface area contributed by atoms with Crippen LogP contribution >= 0.6 is 0 Å². The molecule has 1 fully saturated rings. The van der Waals surface area contributed by atoms with Gasteiger partial charge in [-0.2, -0.15) is 0 Å². The molecular weight excluding hydrogens is 220 g/mol. The average Bonchev–Trinajstić information content (AvgIpc) is 3.22. The van der Waals surface area contributed by atoms with Crippen LogP contribution in [0.4, 0.5) is 5.69 Å². The third-order valence-electron chi connectivity index (χ3n) is 3.70. The molecular formula is C16H20N2. The Morgan fingerprint density at radius 1 is 1.28 bits per heavy atom. The molecule has 2 aromatic rings. The molecule has 0 atom stereocenters. The van der Waals surface area contributed by atoms with Crippen LogP contribution in [0.25, 0.3) is 10.9 Å². The van der Waals surface area contributed by atoms with Crippen LogP contribution in [0, 0.1) is 0 Å². The molecule has 0 unspecified atom stereocenters. The zero-order valence-electron chi connectivity index (χ0n) is 11.2. The van der Waals surface area contributed by atoms with Crippen LogP contribution in [0.15, 0.2) is 24.3 Å². The minimum atomic E-state index is 0.705. The molecule has 2 heteroatoms. The van der Waals surface area contributed by atoms with Gasteiger partial charge in [0.05, 0.1) is 5.52 Å². The molecule has 0 spiro atoms. The van der Waals surface area contributed by atoms with Gasteiger partial charge in [-0.25, -0.2) is 0 Å². The first-order valence-electron chi connectivity index (χ1n) is 6.93. The molecule has 1 aliphatic carbocycles. The number of pyridine rings is 1. The molecule has 1 aliphatic rings. The van der Waals surface area contributed by atoms with Gasteiger partial charge in [0, 0.05) is 29.7 Å². The van der Waals surface area contributed by atoms with E-state index in [4.69, 9.17) is 4.98 Å². The van der Waals surface area contributed by atoms with Crippen LogP contribution in [0.5, 0.6) is 0 Å². The Balaban J connectivity index is 2.12. The number of rotatable bonds is 4. The van der Waals surface area contributed by atoms with E-state index in [0.29, 0.717) is 5.92 Å². The van der Waals surface area contributed by atoms with E-state index in [0.717, 1.165) is 11.9 Å². The summed E-state index contributed by atoms with van der Waals surface area (Å²) in [5, 5.41) is 4.58. The van der Waals surface area contributed by atoms with E-state index < -0.39 is 0 Å². The van der Waals surface area contributed by atoms with Crippen LogP contribution in [0.2, 0.25) is 0 Å².